The highest BCUT2D eigenvalue weighted by Gasteiger charge is 2.05. The van der Waals surface area contributed by atoms with E-state index in [2.05, 4.69) is 16.4 Å². The van der Waals surface area contributed by atoms with Gasteiger partial charge in [-0.2, -0.15) is 0 Å². The van der Waals surface area contributed by atoms with Gasteiger partial charge in [-0.1, -0.05) is 0 Å². The Bertz CT molecular complexity index is 291. The van der Waals surface area contributed by atoms with E-state index in [0.717, 1.165) is 11.3 Å². The molecule has 0 spiro atoms. The second-order valence-electron chi connectivity index (χ2n) is 2.19. The Balaban J connectivity index is 2.17. The van der Waals surface area contributed by atoms with Gasteiger partial charge < -0.3 is 9.56 Å². The molecule has 4 heteroatoms. The maximum Gasteiger partial charge on any atom is 0.119 e. The molecule has 2 N–H and O–H groups in total. The molecule has 0 aromatic rings. The van der Waals surface area contributed by atoms with Crippen molar-refractivity contribution >= 4 is 11.9 Å². The molecule has 0 aliphatic carbocycles. The number of rotatable bonds is 1. The van der Waals surface area contributed by atoms with Gasteiger partial charge in [0, 0.05) is 5.57 Å². The summed E-state index contributed by atoms with van der Waals surface area (Å²) < 4.78 is 2.91. The highest BCUT2D eigenvalue weighted by atomic mass is 32.2. The third-order valence-electron chi connectivity index (χ3n) is 1.42. The van der Waals surface area contributed by atoms with Gasteiger partial charge in [0.1, 0.15) is 6.26 Å². The quantitative estimate of drug-likeness (QED) is 0.596. The topological polar surface area (TPSA) is 33.3 Å². The molecule has 0 saturated heterocycles. The van der Waals surface area contributed by atoms with Gasteiger partial charge >= 0.3 is 0 Å². The lowest BCUT2D eigenvalue weighted by Gasteiger charge is -2.14. The summed E-state index contributed by atoms with van der Waals surface area (Å²) >= 11 is 1.49. The molecule has 0 aromatic heterocycles. The van der Waals surface area contributed by atoms with Gasteiger partial charge in [0.05, 0.1) is 11.9 Å². The van der Waals surface area contributed by atoms with Crippen molar-refractivity contribution in [1.82, 2.24) is 10.2 Å². The molecule has 0 atom stereocenters. The Morgan fingerprint density at radius 3 is 3.17 bits per heavy atom. The van der Waals surface area contributed by atoms with E-state index < -0.39 is 0 Å². The number of allylic oxidation sites excluding steroid dienone is 3. The third kappa shape index (κ3) is 1.48. The Labute approximate surface area is 74.9 Å². The summed E-state index contributed by atoms with van der Waals surface area (Å²) in [6.45, 7) is 0. The van der Waals surface area contributed by atoms with E-state index in [1.165, 1.54) is 11.9 Å². The first-order valence-corrected chi connectivity index (χ1v) is 4.34. The summed E-state index contributed by atoms with van der Waals surface area (Å²) in [5.41, 5.74) is 4.62. The van der Waals surface area contributed by atoms with Crippen LogP contribution in [0, 0.1) is 6.20 Å². The van der Waals surface area contributed by atoms with Crippen molar-refractivity contribution in [3.63, 3.8) is 0 Å². The summed E-state index contributed by atoms with van der Waals surface area (Å²) in [5, 5.41) is 1.95. The van der Waals surface area contributed by atoms with Crippen molar-refractivity contribution in [3.05, 3.63) is 47.4 Å². The predicted molar refractivity (Wildman–Crippen MR) is 48.1 cm³/mol. The number of hydrogen-bond acceptors (Lipinski definition) is 4. The van der Waals surface area contributed by atoms with Crippen LogP contribution in [0.4, 0.5) is 0 Å². The zero-order valence-corrected chi connectivity index (χ0v) is 7.02. The molecule has 2 heterocycles. The zero-order valence-electron chi connectivity index (χ0n) is 6.20. The summed E-state index contributed by atoms with van der Waals surface area (Å²) in [5.74, 6) is 0. The Hall–Kier alpha value is -1.29. The van der Waals surface area contributed by atoms with Crippen LogP contribution in [0.2, 0.25) is 0 Å². The van der Waals surface area contributed by atoms with Crippen molar-refractivity contribution < 1.29 is 4.84 Å². The maximum absolute atomic E-state index is 4.91. The number of hydroxylamine groups is 1. The fourth-order valence-corrected chi connectivity index (χ4v) is 1.31. The fraction of sp³-hybridized carbons (Fsp3) is 0. The summed E-state index contributed by atoms with van der Waals surface area (Å²) in [6, 6.07) is 0. The van der Waals surface area contributed by atoms with Gasteiger partial charge in [0.2, 0.25) is 0 Å². The predicted octanol–water partition coefficient (Wildman–Crippen LogP) is 1.37. The Kier molecular flexibility index (Phi) is 2.09. The SMILES string of the molecule is [C]1=C(C2=CC=CON2)C=CSN1. The molecule has 0 bridgehead atoms. The zero-order chi connectivity index (χ0) is 8.23. The van der Waals surface area contributed by atoms with Crippen LogP contribution in [0.25, 0.3) is 0 Å². The molecule has 0 aromatic carbocycles. The molecular formula is C8H7N2OS. The van der Waals surface area contributed by atoms with E-state index in [0.29, 0.717) is 0 Å². The van der Waals surface area contributed by atoms with Crippen LogP contribution in [0.5, 0.6) is 0 Å². The van der Waals surface area contributed by atoms with E-state index in [1.54, 1.807) is 6.26 Å². The van der Waals surface area contributed by atoms with E-state index in [9.17, 15) is 0 Å². The average molecular weight is 179 g/mol. The van der Waals surface area contributed by atoms with Gasteiger partial charge in [-0.3, -0.25) is 0 Å². The first-order chi connectivity index (χ1) is 5.97. The van der Waals surface area contributed by atoms with Crippen LogP contribution < -0.4 is 10.2 Å². The fourth-order valence-electron chi connectivity index (χ4n) is 0.870. The average Bonchev–Trinajstić information content (AvgIpc) is 2.21. The summed E-state index contributed by atoms with van der Waals surface area (Å²) in [4.78, 5) is 4.91. The normalized spacial score (nSPS) is 20.0. The van der Waals surface area contributed by atoms with Crippen LogP contribution in [-0.2, 0) is 4.84 Å². The molecule has 2 aliphatic heterocycles. The van der Waals surface area contributed by atoms with E-state index in [4.69, 9.17) is 4.84 Å². The van der Waals surface area contributed by atoms with Crippen molar-refractivity contribution in [2.75, 3.05) is 0 Å². The van der Waals surface area contributed by atoms with E-state index in [1.807, 2.05) is 23.6 Å². The summed E-state index contributed by atoms with van der Waals surface area (Å²) in [6.07, 6.45) is 10.3. The highest BCUT2D eigenvalue weighted by molar-refractivity contribution is 8.00. The third-order valence-corrected chi connectivity index (χ3v) is 1.91. The molecule has 3 nitrogen and oxygen atoms in total. The van der Waals surface area contributed by atoms with Crippen LogP contribution in [0.3, 0.4) is 0 Å². The van der Waals surface area contributed by atoms with E-state index in [-0.39, 0.29) is 0 Å². The van der Waals surface area contributed by atoms with Gasteiger partial charge in [-0.15, -0.1) is 0 Å². The minimum absolute atomic E-state index is 0.904. The van der Waals surface area contributed by atoms with Gasteiger partial charge in [-0.05, 0) is 35.6 Å². The molecule has 2 aliphatic rings. The lowest BCUT2D eigenvalue weighted by atomic mass is 10.2. The molecule has 0 unspecified atom stereocenters. The molecule has 12 heavy (non-hydrogen) atoms. The van der Waals surface area contributed by atoms with Crippen LogP contribution in [0.15, 0.2) is 41.2 Å². The Morgan fingerprint density at radius 1 is 1.50 bits per heavy atom. The highest BCUT2D eigenvalue weighted by Crippen LogP contribution is 2.15. The molecule has 2 rings (SSSR count). The molecule has 61 valence electrons. The van der Waals surface area contributed by atoms with Crippen molar-refractivity contribution in [3.8, 4) is 0 Å². The molecule has 0 saturated carbocycles. The molecule has 0 fully saturated rings. The first kappa shape index (κ1) is 7.36. The lowest BCUT2D eigenvalue weighted by molar-refractivity contribution is 0.162. The van der Waals surface area contributed by atoms with Crippen LogP contribution in [0.1, 0.15) is 0 Å². The lowest BCUT2D eigenvalue weighted by Crippen LogP contribution is -2.16. The smallest absolute Gasteiger partial charge is 0.119 e. The monoisotopic (exact) mass is 179 g/mol. The molecule has 1 radical (unpaired) electrons. The van der Waals surface area contributed by atoms with Gasteiger partial charge in [0.15, 0.2) is 0 Å². The first-order valence-electron chi connectivity index (χ1n) is 3.46. The van der Waals surface area contributed by atoms with Gasteiger partial charge in [-0.25, -0.2) is 5.48 Å². The minimum atomic E-state index is 0.904. The van der Waals surface area contributed by atoms with Crippen LogP contribution in [-0.4, -0.2) is 0 Å². The van der Waals surface area contributed by atoms with Gasteiger partial charge in [0.25, 0.3) is 0 Å². The number of nitrogens with one attached hydrogen (secondary N) is 2. The minimum Gasteiger partial charge on any atom is -0.390 e. The maximum atomic E-state index is 4.91. The second-order valence-corrected chi connectivity index (χ2v) is 2.90. The Morgan fingerprint density at radius 2 is 2.50 bits per heavy atom. The molecular weight excluding hydrogens is 172 g/mol. The number of hydrogen-bond donors (Lipinski definition) is 2. The summed E-state index contributed by atoms with van der Waals surface area (Å²) in [7, 11) is 0. The molecule has 0 amide bonds. The van der Waals surface area contributed by atoms with Crippen molar-refractivity contribution in [1.29, 1.82) is 0 Å². The van der Waals surface area contributed by atoms with Crippen LogP contribution >= 0.6 is 11.9 Å². The van der Waals surface area contributed by atoms with Crippen molar-refractivity contribution in [2.24, 2.45) is 0 Å². The van der Waals surface area contributed by atoms with Crippen molar-refractivity contribution in [2.45, 2.75) is 0 Å². The van der Waals surface area contributed by atoms with E-state index >= 15 is 0 Å². The standard InChI is InChI=1S/C8H7N2OS/c1-2-8(10-11-4-1)7-3-5-12-9-6-7/h1-5,9-10H. The largest absolute Gasteiger partial charge is 0.390 e. The second kappa shape index (κ2) is 3.40.